The van der Waals surface area contributed by atoms with Gasteiger partial charge in [-0.25, -0.2) is 0 Å². The summed E-state index contributed by atoms with van der Waals surface area (Å²) in [5.74, 6) is 0. The van der Waals surface area contributed by atoms with Crippen LogP contribution in [0.15, 0.2) is 0 Å². The minimum Gasteiger partial charge on any atom is -1.00 e. The third-order valence-electron chi connectivity index (χ3n) is 0. The maximum Gasteiger partial charge on any atom is 2.00 e. The van der Waals surface area contributed by atoms with E-state index in [-0.39, 0.29) is 154 Å². The zero-order valence-corrected chi connectivity index (χ0v) is 15.4. The van der Waals surface area contributed by atoms with Crippen LogP contribution in [0, 0.1) is 35.6 Å². The first-order valence-corrected chi connectivity index (χ1v) is 0. The third-order valence-corrected chi connectivity index (χ3v) is 0. The van der Waals surface area contributed by atoms with Crippen LogP contribution in [0.5, 0.6) is 0 Å². The van der Waals surface area contributed by atoms with E-state index in [1.165, 1.54) is 0 Å². The van der Waals surface area contributed by atoms with E-state index >= 15 is 0 Å². The molecule has 0 N–H and O–H groups in total. The van der Waals surface area contributed by atoms with Crippen molar-refractivity contribution in [3.63, 3.8) is 0 Å². The molecule has 6 heteroatoms. The molecule has 0 aromatic carbocycles. The molecular weight excluding hydrogens is 420 g/mol. The van der Waals surface area contributed by atoms with Crippen LogP contribution in [0.2, 0.25) is 0 Å². The van der Waals surface area contributed by atoms with Crippen LogP contribution < -0.4 is 23.6 Å². The van der Waals surface area contributed by atoms with Crippen LogP contribution in [0.1, 0.15) is 2.85 Å². The Hall–Kier alpha value is 4.71. The summed E-state index contributed by atoms with van der Waals surface area (Å²) in [4.78, 5) is 0. The molecule has 0 nitrogen and oxygen atoms in total. The minimum absolute atomic E-state index is 0. The molecule has 0 rings (SSSR count). The first-order chi connectivity index (χ1) is 0. The van der Waals surface area contributed by atoms with Crippen LogP contribution in [0.4, 0.5) is 0 Å². The predicted molar refractivity (Wildman–Crippen MR) is 13.7 cm³/mol. The molecule has 0 heterocycles. The molecule has 0 aliphatic heterocycles. The Balaban J connectivity index is 0. The van der Waals surface area contributed by atoms with Gasteiger partial charge in [0.25, 0.3) is 0 Å². The molecule has 6 heavy (non-hydrogen) atoms. The summed E-state index contributed by atoms with van der Waals surface area (Å²) in [6, 6.07) is 0. The normalized spacial score (nSPS) is 0. The maximum absolute atomic E-state index is 0. The Kier molecular flexibility index (Phi) is 252. The topological polar surface area (TPSA) is 0 Å². The monoisotopic (exact) mass is 422 g/mol. The smallest absolute Gasteiger partial charge is 1.00 e. The van der Waals surface area contributed by atoms with Crippen LogP contribution >= 0.6 is 0 Å². The quantitative estimate of drug-likeness (QED) is 0.341. The molecule has 0 aliphatic carbocycles. The molecule has 0 amide bonds. The fourth-order valence-electron chi connectivity index (χ4n) is 0. The standard InChI is InChI=1S/Al.Ba.FH.La.Li.Zr.2H/h;;1H;;;;;/q;+2;;;+1;;2*-1/p-1. The molecule has 0 saturated heterocycles. The summed E-state index contributed by atoms with van der Waals surface area (Å²) in [7, 11) is 0. The van der Waals surface area contributed by atoms with Gasteiger partial charge in [0.05, 0.1) is 0 Å². The number of hydrogen-bond donors (Lipinski definition) is 0. The number of hydrogen-bond acceptors (Lipinski definition) is 0. The van der Waals surface area contributed by atoms with Gasteiger partial charge in [-0.05, 0) is 0 Å². The van der Waals surface area contributed by atoms with Crippen molar-refractivity contribution < 1.29 is 88.2 Å². The molecule has 0 spiro atoms. The van der Waals surface area contributed by atoms with Gasteiger partial charge in [0, 0.05) is 79.2 Å². The molecule has 0 bridgehead atoms. The molecular formula is H2AlBaFLaLiZr. The van der Waals surface area contributed by atoms with Gasteiger partial charge in [-0.2, -0.15) is 0 Å². The second-order valence-electron chi connectivity index (χ2n) is 0. The van der Waals surface area contributed by atoms with Crippen LogP contribution in [0.25, 0.3) is 0 Å². The van der Waals surface area contributed by atoms with Crippen molar-refractivity contribution in [2.45, 2.75) is 0 Å². The van der Waals surface area contributed by atoms with Gasteiger partial charge >= 0.3 is 67.7 Å². The molecule has 0 aromatic rings. The summed E-state index contributed by atoms with van der Waals surface area (Å²) in [6.07, 6.45) is 0. The Morgan fingerprint density at radius 2 is 1.17 bits per heavy atom. The fourth-order valence-corrected chi connectivity index (χ4v) is 0. The van der Waals surface area contributed by atoms with Crippen LogP contribution in [0.3, 0.4) is 0 Å². The Bertz CT molecular complexity index is 22.0. The first kappa shape index (κ1) is 45.5. The zero-order valence-electron chi connectivity index (χ0n) is 5.74. The van der Waals surface area contributed by atoms with E-state index in [1.54, 1.807) is 0 Å². The molecule has 22 valence electrons. The Morgan fingerprint density at radius 3 is 1.17 bits per heavy atom. The molecule has 0 atom stereocenters. The molecule has 4 radical (unpaired) electrons. The van der Waals surface area contributed by atoms with Crippen molar-refractivity contribution in [1.82, 2.24) is 0 Å². The van der Waals surface area contributed by atoms with E-state index in [0.29, 0.717) is 0 Å². The molecule has 0 unspecified atom stereocenters. The Morgan fingerprint density at radius 1 is 1.17 bits per heavy atom. The fraction of sp³-hybridized carbons (Fsp3) is 0. The van der Waals surface area contributed by atoms with Crippen molar-refractivity contribution in [1.29, 1.82) is 0 Å². The first-order valence-electron chi connectivity index (χ1n) is 0. The second kappa shape index (κ2) is 33.2. The summed E-state index contributed by atoms with van der Waals surface area (Å²) < 4.78 is 0. The third kappa shape index (κ3) is 23.3. The van der Waals surface area contributed by atoms with Crippen molar-refractivity contribution >= 4 is 66.2 Å². The zero-order chi connectivity index (χ0) is 0. The number of rotatable bonds is 0. The van der Waals surface area contributed by atoms with Crippen molar-refractivity contribution in [2.24, 2.45) is 0 Å². The van der Waals surface area contributed by atoms with E-state index < -0.39 is 0 Å². The van der Waals surface area contributed by atoms with E-state index in [1.807, 2.05) is 0 Å². The summed E-state index contributed by atoms with van der Waals surface area (Å²) in [6.45, 7) is 0. The maximum atomic E-state index is 0. The average molecular weight is 422 g/mol. The Labute approximate surface area is 150 Å². The average Bonchev–Trinajstić information content (AvgIpc) is 0. The molecule has 0 saturated carbocycles. The number of halogens is 1. The van der Waals surface area contributed by atoms with Gasteiger partial charge in [-0.1, -0.05) is 0 Å². The van der Waals surface area contributed by atoms with Gasteiger partial charge in [-0.3, -0.25) is 0 Å². The van der Waals surface area contributed by atoms with Gasteiger partial charge in [0.1, 0.15) is 0 Å². The largest absolute Gasteiger partial charge is 2.00 e. The van der Waals surface area contributed by atoms with E-state index in [0.717, 1.165) is 0 Å². The van der Waals surface area contributed by atoms with Crippen molar-refractivity contribution in [3.05, 3.63) is 0 Å². The van der Waals surface area contributed by atoms with E-state index in [2.05, 4.69) is 0 Å². The molecule has 0 fully saturated rings. The van der Waals surface area contributed by atoms with Crippen LogP contribution in [-0.2, 0) is 26.2 Å². The van der Waals surface area contributed by atoms with Crippen molar-refractivity contribution in [2.75, 3.05) is 0 Å². The van der Waals surface area contributed by atoms with Gasteiger partial charge in [0.2, 0.25) is 0 Å². The summed E-state index contributed by atoms with van der Waals surface area (Å²) >= 11 is 0. The molecule has 0 aliphatic rings. The van der Waals surface area contributed by atoms with Gasteiger partial charge < -0.3 is 7.56 Å². The predicted octanol–water partition coefficient (Wildman–Crippen LogP) is -6.53. The van der Waals surface area contributed by atoms with Crippen LogP contribution in [-0.4, -0.2) is 66.2 Å². The SMILES string of the molecule is [Al].[Ba+2].[F-].[H-].[H-].[La].[Li+].[Zr]. The summed E-state index contributed by atoms with van der Waals surface area (Å²) in [5, 5.41) is 0. The second-order valence-corrected chi connectivity index (χ2v) is 0. The van der Waals surface area contributed by atoms with Gasteiger partial charge in [0.15, 0.2) is 0 Å². The van der Waals surface area contributed by atoms with E-state index in [9.17, 15) is 0 Å². The van der Waals surface area contributed by atoms with Crippen molar-refractivity contribution in [3.8, 4) is 0 Å². The summed E-state index contributed by atoms with van der Waals surface area (Å²) in [5.41, 5.74) is 0. The molecule has 0 aromatic heterocycles. The van der Waals surface area contributed by atoms with E-state index in [4.69, 9.17) is 0 Å². The van der Waals surface area contributed by atoms with Gasteiger partial charge in [-0.15, -0.1) is 0 Å². The minimum atomic E-state index is 0.